The van der Waals surface area contributed by atoms with Crippen LogP contribution in [0.4, 0.5) is 0 Å². The van der Waals surface area contributed by atoms with E-state index in [1.54, 1.807) is 12.4 Å². The molecule has 14 heavy (non-hydrogen) atoms. The molecule has 0 bridgehead atoms. The summed E-state index contributed by atoms with van der Waals surface area (Å²) in [7, 11) is 0. The monoisotopic (exact) mass is 189 g/mol. The van der Waals surface area contributed by atoms with Gasteiger partial charge in [0.25, 0.3) is 0 Å². The number of hydrogen-bond donors (Lipinski definition) is 2. The molecule has 0 fully saturated rings. The van der Waals surface area contributed by atoms with E-state index in [1.807, 2.05) is 13.0 Å². The van der Waals surface area contributed by atoms with E-state index in [0.717, 1.165) is 17.1 Å². The number of nitrogens with one attached hydrogen (secondary N) is 1. The predicted octanol–water partition coefficient (Wildman–Crippen LogP) is 0.124. The van der Waals surface area contributed by atoms with Crippen molar-refractivity contribution in [3.63, 3.8) is 0 Å². The zero-order valence-corrected chi connectivity index (χ0v) is 7.81. The Bertz CT molecular complexity index is 381. The highest BCUT2D eigenvalue weighted by Gasteiger charge is 2.10. The molecule has 1 aromatic rings. The summed E-state index contributed by atoms with van der Waals surface area (Å²) in [5.41, 5.74) is 7.53. The van der Waals surface area contributed by atoms with E-state index in [9.17, 15) is 0 Å². The molecule has 1 aromatic heterocycles. The van der Waals surface area contributed by atoms with Crippen LogP contribution in [0.25, 0.3) is 5.70 Å². The van der Waals surface area contributed by atoms with Crippen molar-refractivity contribution in [3.8, 4) is 0 Å². The zero-order chi connectivity index (χ0) is 9.97. The standard InChI is InChI=1S/C9H11N5/c1-6-13-8(2-9(10)14-6)7-3-11-5-12-4-7/h2-5,9H,10H2,1H3,(H,13,14). The molecule has 2 heterocycles. The summed E-state index contributed by atoms with van der Waals surface area (Å²) in [6.45, 7) is 1.87. The van der Waals surface area contributed by atoms with Gasteiger partial charge in [-0.15, -0.1) is 0 Å². The molecular weight excluding hydrogens is 178 g/mol. The van der Waals surface area contributed by atoms with Gasteiger partial charge in [0.05, 0.1) is 5.84 Å². The minimum atomic E-state index is -0.286. The van der Waals surface area contributed by atoms with Crippen LogP contribution in [0.2, 0.25) is 0 Å². The lowest BCUT2D eigenvalue weighted by atomic mass is 10.2. The van der Waals surface area contributed by atoms with Crippen LogP contribution >= 0.6 is 0 Å². The molecule has 0 aliphatic carbocycles. The summed E-state index contributed by atoms with van der Waals surface area (Å²) in [4.78, 5) is 12.0. The maximum Gasteiger partial charge on any atom is 0.120 e. The Hall–Kier alpha value is -1.75. The third-order valence-electron chi connectivity index (χ3n) is 1.87. The second-order valence-electron chi connectivity index (χ2n) is 3.04. The second-order valence-corrected chi connectivity index (χ2v) is 3.04. The van der Waals surface area contributed by atoms with Crippen molar-refractivity contribution in [2.45, 2.75) is 13.1 Å². The molecule has 0 saturated heterocycles. The third-order valence-corrected chi connectivity index (χ3v) is 1.87. The van der Waals surface area contributed by atoms with Gasteiger partial charge in [0, 0.05) is 23.7 Å². The Morgan fingerprint density at radius 3 is 2.71 bits per heavy atom. The minimum Gasteiger partial charge on any atom is -0.344 e. The summed E-state index contributed by atoms with van der Waals surface area (Å²) in [5, 5.41) is 3.11. The van der Waals surface area contributed by atoms with E-state index in [4.69, 9.17) is 5.73 Å². The third kappa shape index (κ3) is 1.77. The molecule has 1 unspecified atom stereocenters. The largest absolute Gasteiger partial charge is 0.344 e. The van der Waals surface area contributed by atoms with Crippen molar-refractivity contribution >= 4 is 11.5 Å². The summed E-state index contributed by atoms with van der Waals surface area (Å²) in [5.74, 6) is 0.804. The first-order valence-corrected chi connectivity index (χ1v) is 4.30. The topological polar surface area (TPSA) is 76.2 Å². The van der Waals surface area contributed by atoms with E-state index in [2.05, 4.69) is 20.3 Å². The van der Waals surface area contributed by atoms with Gasteiger partial charge in [0.1, 0.15) is 12.5 Å². The Morgan fingerprint density at radius 1 is 1.36 bits per heavy atom. The number of aromatic nitrogens is 2. The van der Waals surface area contributed by atoms with Crippen molar-refractivity contribution in [1.29, 1.82) is 0 Å². The van der Waals surface area contributed by atoms with Crippen molar-refractivity contribution in [3.05, 3.63) is 30.4 Å². The quantitative estimate of drug-likeness (QED) is 0.658. The van der Waals surface area contributed by atoms with E-state index >= 15 is 0 Å². The predicted molar refractivity (Wildman–Crippen MR) is 54.2 cm³/mol. The van der Waals surface area contributed by atoms with Crippen LogP contribution in [-0.2, 0) is 0 Å². The van der Waals surface area contributed by atoms with Gasteiger partial charge in [0.15, 0.2) is 0 Å². The fourth-order valence-electron chi connectivity index (χ4n) is 1.31. The molecule has 5 nitrogen and oxygen atoms in total. The number of nitrogens with two attached hydrogens (primary N) is 1. The zero-order valence-electron chi connectivity index (χ0n) is 7.81. The van der Waals surface area contributed by atoms with Crippen LogP contribution < -0.4 is 11.1 Å². The van der Waals surface area contributed by atoms with E-state index in [-0.39, 0.29) is 6.17 Å². The highest BCUT2D eigenvalue weighted by atomic mass is 15.1. The molecular formula is C9H11N5. The molecule has 0 spiro atoms. The van der Waals surface area contributed by atoms with Crippen molar-refractivity contribution in [1.82, 2.24) is 15.3 Å². The van der Waals surface area contributed by atoms with E-state index in [0.29, 0.717) is 0 Å². The van der Waals surface area contributed by atoms with Gasteiger partial charge >= 0.3 is 0 Å². The first kappa shape index (κ1) is 8.83. The average molecular weight is 189 g/mol. The SMILES string of the molecule is CC1=NC(N)C=C(c2cncnc2)N1. The second kappa shape index (κ2) is 3.55. The Kier molecular flexibility index (Phi) is 2.24. The highest BCUT2D eigenvalue weighted by Crippen LogP contribution is 2.12. The van der Waals surface area contributed by atoms with Crippen LogP contribution in [0.15, 0.2) is 29.8 Å². The number of hydrogen-bond acceptors (Lipinski definition) is 5. The maximum atomic E-state index is 5.71. The van der Waals surface area contributed by atoms with Crippen molar-refractivity contribution in [2.75, 3.05) is 0 Å². The molecule has 3 N–H and O–H groups in total. The summed E-state index contributed by atoms with van der Waals surface area (Å²) >= 11 is 0. The summed E-state index contributed by atoms with van der Waals surface area (Å²) in [6, 6.07) is 0. The lowest BCUT2D eigenvalue weighted by Gasteiger charge is -2.17. The Balaban J connectivity index is 2.29. The number of rotatable bonds is 1. The van der Waals surface area contributed by atoms with Crippen molar-refractivity contribution in [2.24, 2.45) is 10.7 Å². The average Bonchev–Trinajstić information content (AvgIpc) is 2.18. The van der Waals surface area contributed by atoms with Gasteiger partial charge in [-0.05, 0) is 13.0 Å². The summed E-state index contributed by atoms with van der Waals surface area (Å²) in [6.07, 6.45) is 6.51. The molecule has 72 valence electrons. The number of aliphatic imine (C=N–C) groups is 1. The molecule has 1 aliphatic heterocycles. The lowest BCUT2D eigenvalue weighted by molar-refractivity contribution is 0.847. The highest BCUT2D eigenvalue weighted by molar-refractivity contribution is 5.90. The molecule has 1 atom stereocenters. The van der Waals surface area contributed by atoms with Gasteiger partial charge in [-0.25, -0.2) is 15.0 Å². The maximum absolute atomic E-state index is 5.71. The van der Waals surface area contributed by atoms with Gasteiger partial charge in [-0.2, -0.15) is 0 Å². The van der Waals surface area contributed by atoms with E-state index < -0.39 is 0 Å². The fourth-order valence-corrected chi connectivity index (χ4v) is 1.31. The van der Waals surface area contributed by atoms with Crippen LogP contribution in [0, 0.1) is 0 Å². The summed E-state index contributed by atoms with van der Waals surface area (Å²) < 4.78 is 0. The normalized spacial score (nSPS) is 20.9. The van der Waals surface area contributed by atoms with Crippen LogP contribution in [0.1, 0.15) is 12.5 Å². The molecule has 0 radical (unpaired) electrons. The van der Waals surface area contributed by atoms with Gasteiger partial charge in [0.2, 0.25) is 0 Å². The van der Waals surface area contributed by atoms with Crippen LogP contribution in [-0.4, -0.2) is 22.0 Å². The van der Waals surface area contributed by atoms with Gasteiger partial charge in [-0.3, -0.25) is 0 Å². The molecule has 2 rings (SSSR count). The Morgan fingerprint density at radius 2 is 2.07 bits per heavy atom. The molecule has 0 saturated carbocycles. The molecule has 0 aromatic carbocycles. The smallest absolute Gasteiger partial charge is 0.120 e. The minimum absolute atomic E-state index is 0.286. The first-order valence-electron chi connectivity index (χ1n) is 4.30. The van der Waals surface area contributed by atoms with Gasteiger partial charge in [-0.1, -0.05) is 0 Å². The first-order chi connectivity index (χ1) is 6.75. The lowest BCUT2D eigenvalue weighted by Crippen LogP contribution is -2.30. The van der Waals surface area contributed by atoms with Crippen LogP contribution in [0.3, 0.4) is 0 Å². The van der Waals surface area contributed by atoms with Crippen LogP contribution in [0.5, 0.6) is 0 Å². The Labute approximate surface area is 81.8 Å². The van der Waals surface area contributed by atoms with Crippen molar-refractivity contribution < 1.29 is 0 Å². The number of amidine groups is 1. The molecule has 5 heteroatoms. The fraction of sp³-hybridized carbons (Fsp3) is 0.222. The molecule has 0 amide bonds. The van der Waals surface area contributed by atoms with E-state index in [1.165, 1.54) is 6.33 Å². The van der Waals surface area contributed by atoms with Gasteiger partial charge < -0.3 is 11.1 Å². The molecule has 1 aliphatic rings. The number of nitrogens with zero attached hydrogens (tertiary/aromatic N) is 3.